The van der Waals surface area contributed by atoms with E-state index in [1.807, 2.05) is 0 Å². The molecule has 0 radical (unpaired) electrons. The minimum Gasteiger partial charge on any atom is -0.508 e. The molecule has 48 heavy (non-hydrogen) atoms. The number of ether oxygens (including phenoxy) is 6. The van der Waals surface area contributed by atoms with Gasteiger partial charge in [0.2, 0.25) is 0 Å². The fraction of sp³-hybridized carbons (Fsp3) is 0.139. The van der Waals surface area contributed by atoms with E-state index < -0.39 is 30.0 Å². The molecule has 0 unspecified atom stereocenters. The van der Waals surface area contributed by atoms with Crippen molar-refractivity contribution in [1.29, 1.82) is 0 Å². The van der Waals surface area contributed by atoms with E-state index in [4.69, 9.17) is 28.4 Å². The van der Waals surface area contributed by atoms with Gasteiger partial charge in [-0.3, -0.25) is 0 Å². The summed E-state index contributed by atoms with van der Waals surface area (Å²) in [5.41, 5.74) is 1.18. The average molecular weight is 655 g/mol. The third-order valence-corrected chi connectivity index (χ3v) is 6.42. The second-order valence-corrected chi connectivity index (χ2v) is 9.97. The first-order chi connectivity index (χ1) is 23.1. The van der Waals surface area contributed by atoms with Gasteiger partial charge in [0.25, 0.3) is 0 Å². The van der Waals surface area contributed by atoms with Gasteiger partial charge in [-0.15, -0.1) is 0 Å². The lowest BCUT2D eigenvalue weighted by molar-refractivity contribution is -0.137. The van der Waals surface area contributed by atoms with Crippen LogP contribution in [0.1, 0.15) is 49.5 Å². The third-order valence-electron chi connectivity index (χ3n) is 6.42. The number of hydrogen-bond acceptors (Lipinski definition) is 12. The van der Waals surface area contributed by atoms with E-state index in [1.165, 1.54) is 84.9 Å². The van der Waals surface area contributed by atoms with Crippen molar-refractivity contribution in [1.82, 2.24) is 0 Å². The summed E-state index contributed by atoms with van der Waals surface area (Å²) in [6.45, 7) is 5.23. The summed E-state index contributed by atoms with van der Waals surface area (Å²) >= 11 is 0. The highest BCUT2D eigenvalue weighted by molar-refractivity contribution is 5.93. The molecule has 0 bridgehead atoms. The van der Waals surface area contributed by atoms with Crippen LogP contribution in [0.5, 0.6) is 28.7 Å². The van der Waals surface area contributed by atoms with Gasteiger partial charge in [0, 0.05) is 6.08 Å². The molecule has 0 spiro atoms. The van der Waals surface area contributed by atoms with Crippen molar-refractivity contribution in [2.75, 3.05) is 13.2 Å². The van der Waals surface area contributed by atoms with Gasteiger partial charge in [0.1, 0.15) is 28.7 Å². The molecule has 0 saturated heterocycles. The number of esters is 4. The molecule has 0 aliphatic rings. The second-order valence-electron chi connectivity index (χ2n) is 9.97. The van der Waals surface area contributed by atoms with E-state index in [1.54, 1.807) is 13.0 Å². The first-order valence-corrected chi connectivity index (χ1v) is 14.5. The molecule has 4 rings (SSSR count). The SMILES string of the molecule is C=CC(=O)OCCCCOC(=O)Oc1ccc(C(=O)Oc2ccc(C(=O)Oc3ccc(OC(=O)c4ccc(O)cc4)c(C)c3)cc2)cc1. The van der Waals surface area contributed by atoms with Crippen LogP contribution >= 0.6 is 0 Å². The molecule has 12 heteroatoms. The van der Waals surface area contributed by atoms with Gasteiger partial charge in [0.15, 0.2) is 0 Å². The van der Waals surface area contributed by atoms with E-state index in [9.17, 15) is 29.1 Å². The van der Waals surface area contributed by atoms with Gasteiger partial charge in [0.05, 0.1) is 29.9 Å². The van der Waals surface area contributed by atoms with E-state index in [-0.39, 0.29) is 58.7 Å². The Morgan fingerprint density at radius 1 is 0.604 bits per heavy atom. The van der Waals surface area contributed by atoms with Gasteiger partial charge >= 0.3 is 30.0 Å². The minimum atomic E-state index is -0.924. The van der Waals surface area contributed by atoms with Crippen LogP contribution in [0.15, 0.2) is 104 Å². The predicted octanol–water partition coefficient (Wildman–Crippen LogP) is 6.38. The minimum absolute atomic E-state index is 0.0258. The molecular weight excluding hydrogens is 624 g/mol. The van der Waals surface area contributed by atoms with Gasteiger partial charge < -0.3 is 33.5 Å². The lowest BCUT2D eigenvalue weighted by atomic mass is 10.2. The summed E-state index contributed by atoms with van der Waals surface area (Å²) in [6, 6.07) is 21.5. The Morgan fingerprint density at radius 3 is 1.60 bits per heavy atom. The Morgan fingerprint density at radius 2 is 1.06 bits per heavy atom. The van der Waals surface area contributed by atoms with Gasteiger partial charge in [-0.2, -0.15) is 0 Å². The number of carbonyl (C=O) groups excluding carboxylic acids is 5. The van der Waals surface area contributed by atoms with Crippen LogP contribution in [0, 0.1) is 6.92 Å². The molecule has 12 nitrogen and oxygen atoms in total. The predicted molar refractivity (Wildman–Crippen MR) is 169 cm³/mol. The molecule has 0 amide bonds. The number of benzene rings is 4. The summed E-state index contributed by atoms with van der Waals surface area (Å²) < 4.78 is 31.1. The highest BCUT2D eigenvalue weighted by atomic mass is 16.7. The van der Waals surface area contributed by atoms with Crippen molar-refractivity contribution in [2.24, 2.45) is 0 Å². The van der Waals surface area contributed by atoms with Crippen molar-refractivity contribution >= 4 is 30.0 Å². The fourth-order valence-corrected chi connectivity index (χ4v) is 3.92. The molecule has 4 aromatic carbocycles. The number of phenols is 1. The number of rotatable bonds is 13. The van der Waals surface area contributed by atoms with Crippen LogP contribution in [0.25, 0.3) is 0 Å². The highest BCUT2D eigenvalue weighted by Crippen LogP contribution is 2.26. The maximum absolute atomic E-state index is 12.7. The molecule has 0 atom stereocenters. The molecule has 1 N–H and O–H groups in total. The number of carbonyl (C=O) groups is 5. The summed E-state index contributed by atoms with van der Waals surface area (Å²) in [7, 11) is 0. The summed E-state index contributed by atoms with van der Waals surface area (Å²) in [6.07, 6.45) is 1.10. The zero-order chi connectivity index (χ0) is 34.5. The molecule has 0 heterocycles. The van der Waals surface area contributed by atoms with E-state index in [0.29, 0.717) is 18.4 Å². The average Bonchev–Trinajstić information content (AvgIpc) is 3.08. The zero-order valence-electron chi connectivity index (χ0n) is 25.7. The second kappa shape index (κ2) is 16.8. The Bertz CT molecular complexity index is 1780. The smallest absolute Gasteiger partial charge is 0.508 e. The molecule has 0 fully saturated rings. The molecule has 0 aliphatic heterocycles. The van der Waals surface area contributed by atoms with E-state index in [0.717, 1.165) is 6.08 Å². The van der Waals surface area contributed by atoms with Crippen molar-refractivity contribution in [3.05, 3.63) is 126 Å². The molecule has 0 aliphatic carbocycles. The maximum Gasteiger partial charge on any atom is 0.513 e. The Kier molecular flexibility index (Phi) is 12.0. The monoisotopic (exact) mass is 654 g/mol. The van der Waals surface area contributed by atoms with Crippen molar-refractivity contribution in [3.8, 4) is 28.7 Å². The topological polar surface area (TPSA) is 161 Å². The van der Waals surface area contributed by atoms with Crippen molar-refractivity contribution in [3.63, 3.8) is 0 Å². The van der Waals surface area contributed by atoms with Crippen LogP contribution < -0.4 is 18.9 Å². The largest absolute Gasteiger partial charge is 0.513 e. The van der Waals surface area contributed by atoms with Gasteiger partial charge in [-0.25, -0.2) is 24.0 Å². The van der Waals surface area contributed by atoms with Crippen molar-refractivity contribution < 1.29 is 57.5 Å². The lowest BCUT2D eigenvalue weighted by Gasteiger charge is -2.10. The molecular formula is C36H30O12. The number of unbranched alkanes of at least 4 members (excludes halogenated alkanes) is 1. The number of hydrogen-bond donors (Lipinski definition) is 1. The van der Waals surface area contributed by atoms with Crippen molar-refractivity contribution in [2.45, 2.75) is 19.8 Å². The first kappa shape index (κ1) is 34.4. The van der Waals surface area contributed by atoms with E-state index >= 15 is 0 Å². The van der Waals surface area contributed by atoms with Crippen LogP contribution in [0.2, 0.25) is 0 Å². The maximum atomic E-state index is 12.7. The van der Waals surface area contributed by atoms with Crippen LogP contribution in [0.3, 0.4) is 0 Å². The Labute approximate surface area is 275 Å². The zero-order valence-corrected chi connectivity index (χ0v) is 25.7. The van der Waals surface area contributed by atoms with Gasteiger partial charge in [-0.1, -0.05) is 6.58 Å². The molecule has 0 aromatic heterocycles. The van der Waals surface area contributed by atoms with Crippen LogP contribution in [-0.2, 0) is 14.3 Å². The normalized spacial score (nSPS) is 10.3. The fourth-order valence-electron chi connectivity index (χ4n) is 3.92. The third kappa shape index (κ3) is 10.3. The Balaban J connectivity index is 1.22. The quantitative estimate of drug-likeness (QED) is 0.0557. The summed E-state index contributed by atoms with van der Waals surface area (Å²) in [5, 5.41) is 9.38. The Hall–Kier alpha value is -6.43. The molecule has 246 valence electrons. The standard InChI is InChI=1S/C36H30O12/c1-3-32(38)43-20-4-5-21-44-36(42)47-29-16-10-25(11-17-29)33(39)45-28-14-8-26(9-15-28)34(40)46-30-18-19-31(23(2)22-30)48-35(41)24-6-12-27(37)13-7-24/h3,6-19,22,37H,1,4-5,20-21H2,2H3. The molecule has 0 saturated carbocycles. The van der Waals surface area contributed by atoms with Gasteiger partial charge in [-0.05, 0) is 116 Å². The highest BCUT2D eigenvalue weighted by Gasteiger charge is 2.15. The van der Waals surface area contributed by atoms with Crippen LogP contribution in [0.4, 0.5) is 4.79 Å². The number of aromatic hydroxyl groups is 1. The molecule has 4 aromatic rings. The summed E-state index contributed by atoms with van der Waals surface area (Å²) in [5.74, 6) is -1.62. The number of phenolic OH excluding ortho intramolecular Hbond substituents is 1. The summed E-state index contributed by atoms with van der Waals surface area (Å²) in [4.78, 5) is 60.5. The van der Waals surface area contributed by atoms with E-state index in [2.05, 4.69) is 6.58 Å². The lowest BCUT2D eigenvalue weighted by Crippen LogP contribution is -2.13. The number of aryl methyl sites for hydroxylation is 1. The first-order valence-electron chi connectivity index (χ1n) is 14.5. The van der Waals surface area contributed by atoms with Crippen LogP contribution in [-0.4, -0.2) is 48.4 Å².